The lowest BCUT2D eigenvalue weighted by Gasteiger charge is -2.20. The number of anilines is 1. The van der Waals surface area contributed by atoms with Gasteiger partial charge in [-0.05, 0) is 43.5 Å². The molecule has 0 saturated carbocycles. The Hall–Kier alpha value is -2.00. The molecule has 0 bridgehead atoms. The predicted octanol–water partition coefficient (Wildman–Crippen LogP) is 3.75. The molecule has 0 amide bonds. The fraction of sp³-hybridized carbons (Fsp3) is 0.333. The van der Waals surface area contributed by atoms with Crippen molar-refractivity contribution in [3.05, 3.63) is 58.7 Å². The maximum atomic E-state index is 6.06. The van der Waals surface area contributed by atoms with Crippen LogP contribution in [0.3, 0.4) is 0 Å². The summed E-state index contributed by atoms with van der Waals surface area (Å²) in [6.07, 6.45) is 0.967. The maximum Gasteiger partial charge on any atom is 0.123 e. The Balaban J connectivity index is 2.25. The minimum absolute atomic E-state index is 0.527. The number of benzene rings is 2. The van der Waals surface area contributed by atoms with Crippen LogP contribution >= 0.6 is 0 Å². The lowest BCUT2D eigenvalue weighted by Crippen LogP contribution is -2.26. The summed E-state index contributed by atoms with van der Waals surface area (Å²) in [6, 6.07) is 12.4. The molecule has 0 aromatic heterocycles. The zero-order valence-electron chi connectivity index (χ0n) is 13.3. The van der Waals surface area contributed by atoms with E-state index in [1.54, 1.807) is 5.01 Å². The molecule has 0 heterocycles. The van der Waals surface area contributed by atoms with Gasteiger partial charge in [-0.3, -0.25) is 0 Å². The van der Waals surface area contributed by atoms with E-state index in [-0.39, 0.29) is 0 Å². The average Bonchev–Trinajstić information content (AvgIpc) is 2.46. The minimum Gasteiger partial charge on any atom is -0.489 e. The molecule has 0 saturated heterocycles. The Morgan fingerprint density at radius 1 is 1.14 bits per heavy atom. The molecule has 21 heavy (non-hydrogen) atoms. The lowest BCUT2D eigenvalue weighted by molar-refractivity contribution is 0.302. The summed E-state index contributed by atoms with van der Waals surface area (Å²) in [4.78, 5) is 0. The van der Waals surface area contributed by atoms with Gasteiger partial charge in [-0.15, -0.1) is 0 Å². The van der Waals surface area contributed by atoms with Gasteiger partial charge in [0, 0.05) is 12.6 Å². The van der Waals surface area contributed by atoms with Gasteiger partial charge in [0.05, 0.1) is 5.69 Å². The van der Waals surface area contributed by atoms with E-state index in [1.807, 2.05) is 19.2 Å². The lowest BCUT2D eigenvalue weighted by atomic mass is 10.1. The second-order valence-corrected chi connectivity index (χ2v) is 5.44. The van der Waals surface area contributed by atoms with E-state index in [2.05, 4.69) is 45.0 Å². The highest BCUT2D eigenvalue weighted by molar-refractivity contribution is 5.55. The van der Waals surface area contributed by atoms with Crippen LogP contribution < -0.4 is 15.6 Å². The highest BCUT2D eigenvalue weighted by Gasteiger charge is 2.10. The number of rotatable bonds is 5. The van der Waals surface area contributed by atoms with Gasteiger partial charge in [-0.2, -0.15) is 0 Å². The van der Waals surface area contributed by atoms with Crippen LogP contribution in [0.4, 0.5) is 5.69 Å². The third-order valence-corrected chi connectivity index (χ3v) is 3.73. The normalized spacial score (nSPS) is 10.5. The summed E-state index contributed by atoms with van der Waals surface area (Å²) in [7, 11) is 1.85. The number of ether oxygens (including phenoxy) is 1. The van der Waals surface area contributed by atoms with Crippen molar-refractivity contribution >= 4 is 5.69 Å². The Labute approximate surface area is 127 Å². The van der Waals surface area contributed by atoms with E-state index in [4.69, 9.17) is 10.6 Å². The fourth-order valence-corrected chi connectivity index (χ4v) is 2.48. The topological polar surface area (TPSA) is 38.5 Å². The van der Waals surface area contributed by atoms with Gasteiger partial charge in [-0.1, -0.05) is 36.8 Å². The van der Waals surface area contributed by atoms with E-state index in [0.29, 0.717) is 6.61 Å². The third-order valence-electron chi connectivity index (χ3n) is 3.73. The molecule has 0 spiro atoms. The Bertz CT molecular complexity index is 621. The van der Waals surface area contributed by atoms with Crippen LogP contribution in [0.25, 0.3) is 0 Å². The zero-order valence-corrected chi connectivity index (χ0v) is 13.3. The molecule has 3 nitrogen and oxygen atoms in total. The SMILES string of the molecule is CCc1cc(C)ccc1OCc1c(C)cccc1N(C)N. The zero-order chi connectivity index (χ0) is 15.4. The molecule has 0 radical (unpaired) electrons. The third kappa shape index (κ3) is 3.56. The summed E-state index contributed by atoms with van der Waals surface area (Å²) < 4.78 is 6.06. The van der Waals surface area contributed by atoms with Crippen LogP contribution in [0, 0.1) is 13.8 Å². The van der Waals surface area contributed by atoms with Gasteiger partial charge >= 0.3 is 0 Å². The van der Waals surface area contributed by atoms with Gasteiger partial charge in [0.2, 0.25) is 0 Å². The van der Waals surface area contributed by atoms with Crippen LogP contribution in [0.1, 0.15) is 29.2 Å². The highest BCUT2D eigenvalue weighted by Crippen LogP contribution is 2.26. The molecule has 2 aromatic rings. The Morgan fingerprint density at radius 2 is 1.90 bits per heavy atom. The summed E-state index contributed by atoms with van der Waals surface area (Å²) in [5, 5.41) is 1.64. The molecule has 0 aliphatic rings. The molecule has 112 valence electrons. The van der Waals surface area contributed by atoms with Crippen molar-refractivity contribution in [2.45, 2.75) is 33.8 Å². The number of hydrogen-bond donors (Lipinski definition) is 1. The quantitative estimate of drug-likeness (QED) is 0.671. The van der Waals surface area contributed by atoms with Crippen LogP contribution in [-0.4, -0.2) is 7.05 Å². The molecule has 2 N–H and O–H groups in total. The summed E-state index contributed by atoms with van der Waals surface area (Å²) in [6.45, 7) is 6.86. The van der Waals surface area contributed by atoms with Crippen LogP contribution in [0.5, 0.6) is 5.75 Å². The highest BCUT2D eigenvalue weighted by atomic mass is 16.5. The predicted molar refractivity (Wildman–Crippen MR) is 88.7 cm³/mol. The Morgan fingerprint density at radius 3 is 2.57 bits per heavy atom. The molecule has 0 fully saturated rings. The van der Waals surface area contributed by atoms with Crippen LogP contribution in [0.15, 0.2) is 36.4 Å². The summed E-state index contributed by atoms with van der Waals surface area (Å²) in [5.74, 6) is 6.86. The number of aryl methyl sites for hydroxylation is 3. The number of nitrogens with zero attached hydrogens (tertiary/aromatic N) is 1. The number of hydrogen-bond acceptors (Lipinski definition) is 3. The number of hydrazine groups is 1. The van der Waals surface area contributed by atoms with Gasteiger partial charge < -0.3 is 9.75 Å². The standard InChI is InChI=1S/C18H24N2O/c1-5-15-11-13(2)9-10-18(15)21-12-16-14(3)7-6-8-17(16)20(4)19/h6-11H,5,12,19H2,1-4H3. The van der Waals surface area contributed by atoms with Crippen molar-refractivity contribution in [2.75, 3.05) is 12.1 Å². The van der Waals surface area contributed by atoms with Crippen molar-refractivity contribution in [2.24, 2.45) is 5.84 Å². The maximum absolute atomic E-state index is 6.06. The van der Waals surface area contributed by atoms with Gasteiger partial charge in [-0.25, -0.2) is 5.84 Å². The van der Waals surface area contributed by atoms with Crippen LogP contribution in [-0.2, 0) is 13.0 Å². The largest absolute Gasteiger partial charge is 0.489 e. The number of nitrogens with two attached hydrogens (primary N) is 1. The monoisotopic (exact) mass is 284 g/mol. The first-order chi connectivity index (χ1) is 10.0. The molecule has 2 rings (SSSR count). The molecular weight excluding hydrogens is 260 g/mol. The van der Waals surface area contributed by atoms with E-state index in [9.17, 15) is 0 Å². The summed E-state index contributed by atoms with van der Waals surface area (Å²) >= 11 is 0. The van der Waals surface area contributed by atoms with E-state index >= 15 is 0 Å². The first-order valence-corrected chi connectivity index (χ1v) is 7.32. The smallest absolute Gasteiger partial charge is 0.123 e. The first-order valence-electron chi connectivity index (χ1n) is 7.32. The van der Waals surface area contributed by atoms with E-state index in [1.165, 1.54) is 16.7 Å². The van der Waals surface area contributed by atoms with Crippen molar-refractivity contribution in [1.29, 1.82) is 0 Å². The van der Waals surface area contributed by atoms with E-state index in [0.717, 1.165) is 23.4 Å². The van der Waals surface area contributed by atoms with Gasteiger partial charge in [0.1, 0.15) is 12.4 Å². The van der Waals surface area contributed by atoms with Crippen molar-refractivity contribution in [3.63, 3.8) is 0 Å². The second kappa shape index (κ2) is 6.64. The minimum atomic E-state index is 0.527. The average molecular weight is 284 g/mol. The van der Waals surface area contributed by atoms with Crippen molar-refractivity contribution < 1.29 is 4.74 Å². The molecule has 0 aliphatic heterocycles. The Kier molecular flexibility index (Phi) is 4.86. The first kappa shape index (κ1) is 15.4. The molecule has 0 atom stereocenters. The van der Waals surface area contributed by atoms with Crippen molar-refractivity contribution in [3.8, 4) is 5.75 Å². The van der Waals surface area contributed by atoms with Crippen molar-refractivity contribution in [1.82, 2.24) is 0 Å². The van der Waals surface area contributed by atoms with Gasteiger partial charge in [0.15, 0.2) is 0 Å². The molecular formula is C18H24N2O. The summed E-state index contributed by atoms with van der Waals surface area (Å²) in [5.41, 5.74) is 5.82. The second-order valence-electron chi connectivity index (χ2n) is 5.44. The van der Waals surface area contributed by atoms with Gasteiger partial charge in [0.25, 0.3) is 0 Å². The fourth-order valence-electron chi connectivity index (χ4n) is 2.48. The molecule has 2 aromatic carbocycles. The van der Waals surface area contributed by atoms with Crippen LogP contribution in [0.2, 0.25) is 0 Å². The molecule has 0 unspecified atom stereocenters. The molecule has 3 heteroatoms. The van der Waals surface area contributed by atoms with E-state index < -0.39 is 0 Å². The molecule has 0 aliphatic carbocycles.